The van der Waals surface area contributed by atoms with Gasteiger partial charge in [0.05, 0.1) is 12.0 Å². The SMILES string of the molecule is c1ccc(-c2ncn(C3CCNCC3)c2-c2ncccn2)cc1. The molecule has 116 valence electrons. The topological polar surface area (TPSA) is 55.6 Å². The van der Waals surface area contributed by atoms with Gasteiger partial charge in [0.15, 0.2) is 5.82 Å². The molecule has 0 saturated carbocycles. The zero-order chi connectivity index (χ0) is 15.5. The van der Waals surface area contributed by atoms with E-state index in [9.17, 15) is 0 Å². The smallest absolute Gasteiger partial charge is 0.178 e. The van der Waals surface area contributed by atoms with Crippen LogP contribution in [0.15, 0.2) is 55.1 Å². The molecule has 5 nitrogen and oxygen atoms in total. The molecule has 2 aromatic heterocycles. The Kier molecular flexibility index (Phi) is 3.86. The fourth-order valence-electron chi connectivity index (χ4n) is 3.17. The molecule has 1 aliphatic heterocycles. The highest BCUT2D eigenvalue weighted by Crippen LogP contribution is 2.33. The van der Waals surface area contributed by atoms with Gasteiger partial charge in [-0.2, -0.15) is 0 Å². The van der Waals surface area contributed by atoms with Gasteiger partial charge < -0.3 is 9.88 Å². The van der Waals surface area contributed by atoms with E-state index in [0.717, 1.165) is 48.7 Å². The van der Waals surface area contributed by atoms with Crippen LogP contribution in [0, 0.1) is 0 Å². The number of hydrogen-bond donors (Lipinski definition) is 1. The molecule has 4 rings (SSSR count). The van der Waals surface area contributed by atoms with Crippen LogP contribution in [0.3, 0.4) is 0 Å². The lowest BCUT2D eigenvalue weighted by molar-refractivity contribution is 0.370. The van der Waals surface area contributed by atoms with E-state index in [1.54, 1.807) is 12.4 Å². The maximum Gasteiger partial charge on any atom is 0.178 e. The monoisotopic (exact) mass is 305 g/mol. The third-order valence-corrected chi connectivity index (χ3v) is 4.32. The molecule has 1 aromatic carbocycles. The standard InChI is InChI=1S/C18H19N5/c1-2-5-14(6-3-1)16-17(18-20-9-4-10-21-18)23(13-22-16)15-7-11-19-12-8-15/h1-6,9-10,13,15,19H,7-8,11-12H2. The van der Waals surface area contributed by atoms with Crippen LogP contribution in [-0.2, 0) is 0 Å². The molecule has 0 aliphatic carbocycles. The molecule has 0 amide bonds. The summed E-state index contributed by atoms with van der Waals surface area (Å²) in [5, 5.41) is 3.42. The highest BCUT2D eigenvalue weighted by atomic mass is 15.1. The van der Waals surface area contributed by atoms with Gasteiger partial charge in [0.25, 0.3) is 0 Å². The quantitative estimate of drug-likeness (QED) is 0.808. The number of piperidine rings is 1. The van der Waals surface area contributed by atoms with Crippen molar-refractivity contribution >= 4 is 0 Å². The van der Waals surface area contributed by atoms with Crippen LogP contribution in [0.2, 0.25) is 0 Å². The van der Waals surface area contributed by atoms with Gasteiger partial charge >= 0.3 is 0 Å². The van der Waals surface area contributed by atoms with Crippen molar-refractivity contribution in [3.05, 3.63) is 55.1 Å². The van der Waals surface area contributed by atoms with Crippen LogP contribution in [0.4, 0.5) is 0 Å². The third kappa shape index (κ3) is 2.75. The van der Waals surface area contributed by atoms with Gasteiger partial charge in [0.1, 0.15) is 5.69 Å². The van der Waals surface area contributed by atoms with Crippen LogP contribution >= 0.6 is 0 Å². The maximum atomic E-state index is 4.70. The highest BCUT2D eigenvalue weighted by Gasteiger charge is 2.23. The molecular weight excluding hydrogens is 286 g/mol. The Morgan fingerprint density at radius 2 is 1.65 bits per heavy atom. The van der Waals surface area contributed by atoms with Gasteiger partial charge in [-0.3, -0.25) is 0 Å². The summed E-state index contributed by atoms with van der Waals surface area (Å²) >= 11 is 0. The average Bonchev–Trinajstić information content (AvgIpc) is 3.09. The van der Waals surface area contributed by atoms with E-state index < -0.39 is 0 Å². The van der Waals surface area contributed by atoms with Crippen LogP contribution in [0.1, 0.15) is 18.9 Å². The molecule has 3 heterocycles. The molecule has 0 atom stereocenters. The number of rotatable bonds is 3. The second-order valence-corrected chi connectivity index (χ2v) is 5.77. The number of imidazole rings is 1. The van der Waals surface area contributed by atoms with Crippen molar-refractivity contribution in [1.29, 1.82) is 0 Å². The first kappa shape index (κ1) is 14.1. The second-order valence-electron chi connectivity index (χ2n) is 5.77. The fourth-order valence-corrected chi connectivity index (χ4v) is 3.17. The Morgan fingerprint density at radius 3 is 2.39 bits per heavy atom. The summed E-state index contributed by atoms with van der Waals surface area (Å²) in [5.74, 6) is 0.738. The van der Waals surface area contributed by atoms with Crippen molar-refractivity contribution in [2.45, 2.75) is 18.9 Å². The van der Waals surface area contributed by atoms with E-state index in [0.29, 0.717) is 6.04 Å². The zero-order valence-corrected chi connectivity index (χ0v) is 12.9. The van der Waals surface area contributed by atoms with E-state index in [1.807, 2.05) is 30.6 Å². The van der Waals surface area contributed by atoms with E-state index in [-0.39, 0.29) is 0 Å². The predicted molar refractivity (Wildman–Crippen MR) is 89.8 cm³/mol. The van der Waals surface area contributed by atoms with Crippen molar-refractivity contribution in [2.24, 2.45) is 0 Å². The lowest BCUT2D eigenvalue weighted by Gasteiger charge is -2.25. The van der Waals surface area contributed by atoms with E-state index in [1.165, 1.54) is 0 Å². The molecule has 1 fully saturated rings. The van der Waals surface area contributed by atoms with Gasteiger partial charge in [-0.25, -0.2) is 15.0 Å². The summed E-state index contributed by atoms with van der Waals surface area (Å²) in [6.07, 6.45) is 7.73. The normalized spacial score (nSPS) is 15.7. The van der Waals surface area contributed by atoms with Gasteiger partial charge in [0, 0.05) is 24.0 Å². The second kappa shape index (κ2) is 6.30. The predicted octanol–water partition coefficient (Wildman–Crippen LogP) is 2.93. The van der Waals surface area contributed by atoms with Gasteiger partial charge in [-0.1, -0.05) is 30.3 Å². The molecule has 3 aromatic rings. The molecule has 5 heteroatoms. The minimum absolute atomic E-state index is 0.444. The summed E-state index contributed by atoms with van der Waals surface area (Å²) in [4.78, 5) is 13.7. The van der Waals surface area contributed by atoms with Gasteiger partial charge in [0.2, 0.25) is 0 Å². The van der Waals surface area contributed by atoms with Crippen LogP contribution < -0.4 is 5.32 Å². The minimum Gasteiger partial charge on any atom is -0.324 e. The van der Waals surface area contributed by atoms with Crippen molar-refractivity contribution in [3.63, 3.8) is 0 Å². The van der Waals surface area contributed by atoms with Crippen molar-refractivity contribution in [3.8, 4) is 22.8 Å². The number of nitrogens with zero attached hydrogens (tertiary/aromatic N) is 4. The Hall–Kier alpha value is -2.53. The Balaban J connectivity index is 1.85. The van der Waals surface area contributed by atoms with Crippen LogP contribution in [0.25, 0.3) is 22.8 Å². The van der Waals surface area contributed by atoms with Crippen molar-refractivity contribution < 1.29 is 0 Å². The first-order valence-electron chi connectivity index (χ1n) is 8.04. The number of nitrogens with one attached hydrogen (secondary N) is 1. The van der Waals surface area contributed by atoms with Gasteiger partial charge in [-0.15, -0.1) is 0 Å². The number of aromatic nitrogens is 4. The molecule has 0 radical (unpaired) electrons. The zero-order valence-electron chi connectivity index (χ0n) is 12.9. The molecule has 1 N–H and O–H groups in total. The van der Waals surface area contributed by atoms with E-state index in [4.69, 9.17) is 4.98 Å². The molecule has 0 spiro atoms. The Labute approximate surface area is 135 Å². The number of hydrogen-bond acceptors (Lipinski definition) is 4. The van der Waals surface area contributed by atoms with Gasteiger partial charge in [-0.05, 0) is 32.0 Å². The molecular formula is C18H19N5. The van der Waals surface area contributed by atoms with E-state index in [2.05, 4.69) is 32.0 Å². The Morgan fingerprint density at radius 1 is 0.913 bits per heavy atom. The van der Waals surface area contributed by atoms with E-state index >= 15 is 0 Å². The first-order chi connectivity index (χ1) is 11.4. The maximum absolute atomic E-state index is 4.70. The van der Waals surface area contributed by atoms with Crippen LogP contribution in [-0.4, -0.2) is 32.6 Å². The van der Waals surface area contributed by atoms with Crippen molar-refractivity contribution in [1.82, 2.24) is 24.8 Å². The highest BCUT2D eigenvalue weighted by molar-refractivity contribution is 5.75. The summed E-state index contributed by atoms with van der Waals surface area (Å²) in [7, 11) is 0. The lowest BCUT2D eigenvalue weighted by Crippen LogP contribution is -2.29. The third-order valence-electron chi connectivity index (χ3n) is 4.32. The largest absolute Gasteiger partial charge is 0.324 e. The molecule has 23 heavy (non-hydrogen) atoms. The molecule has 0 bridgehead atoms. The summed E-state index contributed by atoms with van der Waals surface area (Å²) in [6.45, 7) is 2.08. The summed E-state index contributed by atoms with van der Waals surface area (Å²) in [5.41, 5.74) is 3.07. The van der Waals surface area contributed by atoms with Crippen LogP contribution in [0.5, 0.6) is 0 Å². The Bertz CT molecular complexity index is 761. The molecule has 1 aliphatic rings. The fraction of sp³-hybridized carbons (Fsp3) is 0.278. The first-order valence-corrected chi connectivity index (χ1v) is 8.04. The molecule has 1 saturated heterocycles. The summed E-state index contributed by atoms with van der Waals surface area (Å²) < 4.78 is 2.26. The number of benzene rings is 1. The average molecular weight is 305 g/mol. The lowest BCUT2D eigenvalue weighted by atomic mass is 10.0. The molecule has 0 unspecified atom stereocenters. The summed E-state index contributed by atoms with van der Waals surface area (Å²) in [6, 6.07) is 12.6. The minimum atomic E-state index is 0.444. The van der Waals surface area contributed by atoms with Crippen molar-refractivity contribution in [2.75, 3.05) is 13.1 Å².